The Morgan fingerprint density at radius 3 is 2.69 bits per heavy atom. The van der Waals surface area contributed by atoms with Gasteiger partial charge >= 0.3 is 5.97 Å². The zero-order valence-electron chi connectivity index (χ0n) is 6.74. The molecular weight excluding hydrogens is 179 g/mol. The lowest BCUT2D eigenvalue weighted by molar-refractivity contribution is 0.0696. The minimum atomic E-state index is -1.37. The van der Waals surface area contributed by atoms with Crippen molar-refractivity contribution in [1.29, 1.82) is 0 Å². The molecule has 1 rings (SSSR count). The number of pyridine rings is 1. The molecule has 0 aromatic carbocycles. The van der Waals surface area contributed by atoms with E-state index < -0.39 is 28.6 Å². The molecule has 0 aliphatic rings. The van der Waals surface area contributed by atoms with Crippen LogP contribution in [0.25, 0.3) is 0 Å². The molecular formula is C7H7FN2O3. The summed E-state index contributed by atoms with van der Waals surface area (Å²) in [4.78, 5) is 21.4. The highest BCUT2D eigenvalue weighted by Gasteiger charge is 2.15. The summed E-state index contributed by atoms with van der Waals surface area (Å²) in [5.41, 5.74) is 3.10. The van der Waals surface area contributed by atoms with Crippen LogP contribution in [0.15, 0.2) is 11.0 Å². The van der Waals surface area contributed by atoms with Gasteiger partial charge in [-0.2, -0.15) is 4.39 Å². The topological polar surface area (TPSA) is 85.3 Å². The number of aromatic nitrogens is 1. The van der Waals surface area contributed by atoms with E-state index in [4.69, 9.17) is 10.8 Å². The molecule has 0 amide bonds. The summed E-state index contributed by atoms with van der Waals surface area (Å²) in [5, 5.41) is 8.54. The van der Waals surface area contributed by atoms with E-state index in [1.807, 2.05) is 0 Å². The molecule has 0 unspecified atom stereocenters. The molecule has 3 N–H and O–H groups in total. The van der Waals surface area contributed by atoms with Crippen LogP contribution in [-0.4, -0.2) is 15.6 Å². The molecule has 70 valence electrons. The number of carboxylic acid groups (broad SMARTS) is 1. The van der Waals surface area contributed by atoms with Gasteiger partial charge < -0.3 is 15.4 Å². The molecule has 6 heteroatoms. The van der Waals surface area contributed by atoms with Crippen molar-refractivity contribution in [3.05, 3.63) is 27.9 Å². The molecule has 0 aliphatic carbocycles. The third-order valence-corrected chi connectivity index (χ3v) is 1.59. The van der Waals surface area contributed by atoms with Crippen molar-refractivity contribution < 1.29 is 14.3 Å². The standard InChI is InChI=1S/C7H7FN2O3/c1-10-2-3(7(12)13)5(9)4(8)6(10)11/h2H,9H2,1H3,(H,12,13). The van der Waals surface area contributed by atoms with E-state index in [9.17, 15) is 14.0 Å². The maximum absolute atomic E-state index is 12.9. The van der Waals surface area contributed by atoms with Crippen LogP contribution in [0.4, 0.5) is 10.1 Å². The number of aryl methyl sites for hydroxylation is 1. The highest BCUT2D eigenvalue weighted by atomic mass is 19.1. The first-order valence-electron chi connectivity index (χ1n) is 3.33. The van der Waals surface area contributed by atoms with Gasteiger partial charge in [-0.3, -0.25) is 4.79 Å². The zero-order chi connectivity index (χ0) is 10.2. The van der Waals surface area contributed by atoms with E-state index in [2.05, 4.69) is 0 Å². The average molecular weight is 186 g/mol. The monoisotopic (exact) mass is 186 g/mol. The number of nitrogens with zero attached hydrogens (tertiary/aromatic N) is 1. The van der Waals surface area contributed by atoms with Crippen molar-refractivity contribution in [1.82, 2.24) is 4.57 Å². The number of carbonyl (C=O) groups is 1. The number of halogens is 1. The van der Waals surface area contributed by atoms with Gasteiger partial charge in [0.25, 0.3) is 5.56 Å². The Balaban J connectivity index is 3.60. The van der Waals surface area contributed by atoms with Gasteiger partial charge in [0.15, 0.2) is 0 Å². The van der Waals surface area contributed by atoms with Crippen LogP contribution in [-0.2, 0) is 7.05 Å². The molecule has 5 nitrogen and oxygen atoms in total. The first kappa shape index (κ1) is 9.24. The lowest BCUT2D eigenvalue weighted by Gasteiger charge is -2.04. The van der Waals surface area contributed by atoms with Crippen molar-refractivity contribution in [3.8, 4) is 0 Å². The predicted octanol–water partition coefficient (Wildman–Crippen LogP) is -0.195. The molecule has 0 aliphatic heterocycles. The number of hydrogen-bond donors (Lipinski definition) is 2. The molecule has 0 saturated heterocycles. The van der Waals surface area contributed by atoms with Crippen LogP contribution in [0.3, 0.4) is 0 Å². The summed E-state index contributed by atoms with van der Waals surface area (Å²) >= 11 is 0. The van der Waals surface area contributed by atoms with Gasteiger partial charge in [-0.15, -0.1) is 0 Å². The van der Waals surface area contributed by atoms with E-state index in [-0.39, 0.29) is 0 Å². The first-order valence-corrected chi connectivity index (χ1v) is 3.33. The maximum Gasteiger partial charge on any atom is 0.339 e. The van der Waals surface area contributed by atoms with Gasteiger partial charge in [-0.1, -0.05) is 0 Å². The zero-order valence-corrected chi connectivity index (χ0v) is 6.74. The third kappa shape index (κ3) is 1.37. The minimum absolute atomic E-state index is 0.417. The Hall–Kier alpha value is -1.85. The van der Waals surface area contributed by atoms with Crippen LogP contribution in [0.1, 0.15) is 10.4 Å². The normalized spacial score (nSPS) is 10.0. The van der Waals surface area contributed by atoms with Gasteiger partial charge in [0, 0.05) is 13.2 Å². The van der Waals surface area contributed by atoms with Gasteiger partial charge in [0.05, 0.1) is 5.69 Å². The summed E-state index contributed by atoms with van der Waals surface area (Å²) in [6.07, 6.45) is 0.975. The second-order valence-corrected chi connectivity index (χ2v) is 2.49. The van der Waals surface area contributed by atoms with Crippen LogP contribution in [0, 0.1) is 5.82 Å². The van der Waals surface area contributed by atoms with E-state index in [0.29, 0.717) is 0 Å². The molecule has 0 spiro atoms. The maximum atomic E-state index is 12.9. The fourth-order valence-electron chi connectivity index (χ4n) is 0.881. The van der Waals surface area contributed by atoms with E-state index >= 15 is 0 Å². The van der Waals surface area contributed by atoms with Gasteiger partial charge in [-0.05, 0) is 0 Å². The van der Waals surface area contributed by atoms with Crippen molar-refractivity contribution in [2.75, 3.05) is 5.73 Å². The fourth-order valence-corrected chi connectivity index (χ4v) is 0.881. The fraction of sp³-hybridized carbons (Fsp3) is 0.143. The smallest absolute Gasteiger partial charge is 0.339 e. The second-order valence-electron chi connectivity index (χ2n) is 2.49. The van der Waals surface area contributed by atoms with Crippen molar-refractivity contribution >= 4 is 11.7 Å². The van der Waals surface area contributed by atoms with E-state index in [1.54, 1.807) is 0 Å². The predicted molar refractivity (Wildman–Crippen MR) is 43.0 cm³/mol. The summed E-state index contributed by atoms with van der Waals surface area (Å²) in [5.74, 6) is -2.60. The van der Waals surface area contributed by atoms with Crippen molar-refractivity contribution in [2.45, 2.75) is 0 Å². The van der Waals surface area contributed by atoms with Crippen LogP contribution < -0.4 is 11.3 Å². The van der Waals surface area contributed by atoms with Crippen LogP contribution in [0.2, 0.25) is 0 Å². The molecule has 0 bridgehead atoms. The Labute approximate surface area is 72.2 Å². The molecule has 13 heavy (non-hydrogen) atoms. The summed E-state index contributed by atoms with van der Waals surface area (Å²) in [6, 6.07) is 0. The van der Waals surface area contributed by atoms with Gasteiger partial charge in [0.1, 0.15) is 5.56 Å². The summed E-state index contributed by atoms with van der Waals surface area (Å²) in [7, 11) is 1.25. The third-order valence-electron chi connectivity index (χ3n) is 1.59. The number of nitrogens with two attached hydrogens (primary N) is 1. The minimum Gasteiger partial charge on any atom is -0.478 e. The number of hydrogen-bond acceptors (Lipinski definition) is 3. The van der Waals surface area contributed by atoms with E-state index in [0.717, 1.165) is 10.8 Å². The summed E-state index contributed by atoms with van der Waals surface area (Å²) < 4.78 is 13.7. The van der Waals surface area contributed by atoms with Crippen molar-refractivity contribution in [2.24, 2.45) is 7.05 Å². The Morgan fingerprint density at radius 2 is 2.23 bits per heavy atom. The molecule has 0 atom stereocenters. The lowest BCUT2D eigenvalue weighted by Crippen LogP contribution is -2.24. The summed E-state index contributed by atoms with van der Waals surface area (Å²) in [6.45, 7) is 0. The molecule has 0 saturated carbocycles. The van der Waals surface area contributed by atoms with Gasteiger partial charge in [0.2, 0.25) is 5.82 Å². The van der Waals surface area contributed by atoms with Crippen LogP contribution >= 0.6 is 0 Å². The highest BCUT2D eigenvalue weighted by Crippen LogP contribution is 2.11. The second kappa shape index (κ2) is 2.89. The Kier molecular flexibility index (Phi) is 2.05. The number of rotatable bonds is 1. The first-order chi connectivity index (χ1) is 5.95. The SMILES string of the molecule is Cn1cc(C(=O)O)c(N)c(F)c1=O. The number of anilines is 1. The Morgan fingerprint density at radius 1 is 1.69 bits per heavy atom. The number of nitrogen functional groups attached to an aromatic ring is 1. The molecule has 1 aromatic heterocycles. The largest absolute Gasteiger partial charge is 0.478 e. The van der Waals surface area contributed by atoms with Crippen LogP contribution in [0.5, 0.6) is 0 Å². The Bertz CT molecular complexity index is 424. The molecule has 0 radical (unpaired) electrons. The van der Waals surface area contributed by atoms with Crippen molar-refractivity contribution in [3.63, 3.8) is 0 Å². The lowest BCUT2D eigenvalue weighted by atomic mass is 10.2. The highest BCUT2D eigenvalue weighted by molar-refractivity contribution is 5.93. The van der Waals surface area contributed by atoms with Gasteiger partial charge in [-0.25, -0.2) is 4.79 Å². The molecule has 1 aromatic rings. The molecule has 1 heterocycles. The molecule has 0 fully saturated rings. The van der Waals surface area contributed by atoms with E-state index in [1.165, 1.54) is 7.05 Å². The quantitative estimate of drug-likeness (QED) is 0.636. The number of aromatic carboxylic acids is 1. The average Bonchev–Trinajstić information content (AvgIpc) is 2.07. The number of carboxylic acids is 1.